The highest BCUT2D eigenvalue weighted by Gasteiger charge is 2.53. The van der Waals surface area contributed by atoms with Gasteiger partial charge < -0.3 is 89.9 Å². The predicted octanol–water partition coefficient (Wildman–Crippen LogP) is 11.6. The van der Waals surface area contributed by atoms with E-state index in [1.165, 1.54) is 231 Å². The standard InChI is InChI=1S/C75H139NO18/c1-3-5-7-9-11-13-15-17-19-21-23-25-26-27-28-29-30-31-32-33-35-37-39-41-43-45-47-49-51-53-63(81)76-58(59(80)52-50-48-46-44-42-40-38-36-34-24-22-20-18-16-14-12-10-8-6-4-2)57-89-73-69(87)66(84)71(61(55-78)91-73)94-75-70(88)67(85)72(62(56-79)92-75)93-74-68(86)65(83)64(82)60(54-77)90-74/h21,23,42,44,50,52,58-62,64-75,77-80,82-88H,3-20,22,24-41,43,45-49,51,53-57H2,1-2H3,(H,76,81)/b23-21-,44-42+,52-50+. The van der Waals surface area contributed by atoms with Crippen LogP contribution in [0.3, 0.4) is 0 Å². The van der Waals surface area contributed by atoms with Gasteiger partial charge >= 0.3 is 0 Å². The normalized spacial score (nSPS) is 27.5. The van der Waals surface area contributed by atoms with Gasteiger partial charge in [0.15, 0.2) is 18.9 Å². The molecule has 3 aliphatic heterocycles. The number of allylic oxidation sites excluding steroid dienone is 5. The Morgan fingerprint density at radius 3 is 1.06 bits per heavy atom. The zero-order valence-corrected chi connectivity index (χ0v) is 58.7. The van der Waals surface area contributed by atoms with Crippen LogP contribution in [0.25, 0.3) is 0 Å². The molecule has 3 saturated heterocycles. The minimum Gasteiger partial charge on any atom is -0.394 e. The van der Waals surface area contributed by atoms with Gasteiger partial charge in [0.2, 0.25) is 5.91 Å². The van der Waals surface area contributed by atoms with Gasteiger partial charge in [0, 0.05) is 6.42 Å². The summed E-state index contributed by atoms with van der Waals surface area (Å²) in [4.78, 5) is 13.4. The van der Waals surface area contributed by atoms with E-state index in [1.54, 1.807) is 6.08 Å². The Labute approximate surface area is 568 Å². The molecule has 3 rings (SSSR count). The number of hydrogen-bond acceptors (Lipinski definition) is 18. The number of aliphatic hydroxyl groups excluding tert-OH is 11. The summed E-state index contributed by atoms with van der Waals surface area (Å²) in [5.74, 6) is -0.280. The van der Waals surface area contributed by atoms with Gasteiger partial charge in [0.05, 0.1) is 38.6 Å². The first-order chi connectivity index (χ1) is 45.8. The van der Waals surface area contributed by atoms with E-state index >= 15 is 0 Å². The second-order valence-electron chi connectivity index (χ2n) is 27.5. The third-order valence-corrected chi connectivity index (χ3v) is 19.2. The monoisotopic (exact) mass is 1340 g/mol. The minimum absolute atomic E-state index is 0.239. The van der Waals surface area contributed by atoms with Crippen molar-refractivity contribution in [3.63, 3.8) is 0 Å². The number of aliphatic hydroxyl groups is 11. The summed E-state index contributed by atoms with van der Waals surface area (Å²) in [5, 5.41) is 121. The van der Waals surface area contributed by atoms with Crippen LogP contribution in [0.1, 0.15) is 303 Å². The number of amides is 1. The van der Waals surface area contributed by atoms with Crippen LogP contribution in [-0.2, 0) is 33.2 Å². The van der Waals surface area contributed by atoms with Crippen molar-refractivity contribution in [3.05, 3.63) is 36.5 Å². The zero-order valence-electron chi connectivity index (χ0n) is 58.7. The van der Waals surface area contributed by atoms with Crippen LogP contribution in [0.15, 0.2) is 36.5 Å². The van der Waals surface area contributed by atoms with Gasteiger partial charge in [-0.15, -0.1) is 0 Å². The van der Waals surface area contributed by atoms with E-state index in [0.29, 0.717) is 12.8 Å². The molecular weight excluding hydrogens is 1200 g/mol. The fourth-order valence-electron chi connectivity index (χ4n) is 13.0. The first kappa shape index (κ1) is 86.2. The lowest BCUT2D eigenvalue weighted by Crippen LogP contribution is -2.66. The van der Waals surface area contributed by atoms with E-state index < -0.39 is 124 Å². The van der Waals surface area contributed by atoms with Crippen molar-refractivity contribution in [1.82, 2.24) is 5.32 Å². The molecule has 94 heavy (non-hydrogen) atoms. The molecule has 12 N–H and O–H groups in total. The van der Waals surface area contributed by atoms with Crippen LogP contribution < -0.4 is 5.32 Å². The predicted molar refractivity (Wildman–Crippen MR) is 369 cm³/mol. The lowest BCUT2D eigenvalue weighted by Gasteiger charge is -2.48. The topological polar surface area (TPSA) is 307 Å². The second kappa shape index (κ2) is 56.7. The Bertz CT molecular complexity index is 1840. The van der Waals surface area contributed by atoms with Gasteiger partial charge in [-0.2, -0.15) is 0 Å². The molecule has 0 aromatic carbocycles. The molecule has 17 atom stereocenters. The molecule has 3 heterocycles. The van der Waals surface area contributed by atoms with E-state index in [-0.39, 0.29) is 18.9 Å². The molecule has 0 aromatic rings. The molecule has 0 radical (unpaired) electrons. The Kier molecular flexibility index (Phi) is 52.0. The lowest BCUT2D eigenvalue weighted by atomic mass is 9.96. The number of rotatable bonds is 60. The third-order valence-electron chi connectivity index (χ3n) is 19.2. The molecule has 3 fully saturated rings. The van der Waals surface area contributed by atoms with Gasteiger partial charge in [0.1, 0.15) is 73.2 Å². The van der Waals surface area contributed by atoms with Crippen molar-refractivity contribution in [2.45, 2.75) is 407 Å². The second-order valence-corrected chi connectivity index (χ2v) is 27.5. The maximum Gasteiger partial charge on any atom is 0.220 e. The largest absolute Gasteiger partial charge is 0.394 e. The molecule has 0 spiro atoms. The van der Waals surface area contributed by atoms with Crippen LogP contribution >= 0.6 is 0 Å². The van der Waals surface area contributed by atoms with E-state index in [0.717, 1.165) is 38.5 Å². The number of nitrogens with one attached hydrogen (secondary N) is 1. The van der Waals surface area contributed by atoms with Crippen LogP contribution in [0.4, 0.5) is 0 Å². The molecule has 552 valence electrons. The van der Waals surface area contributed by atoms with Crippen LogP contribution in [0, 0.1) is 0 Å². The average Bonchev–Trinajstić information content (AvgIpc) is 0.787. The maximum absolute atomic E-state index is 13.4. The summed E-state index contributed by atoms with van der Waals surface area (Å²) in [6.45, 7) is 1.75. The summed E-state index contributed by atoms with van der Waals surface area (Å²) in [6.07, 6.45) is 41.3. The first-order valence-electron chi connectivity index (χ1n) is 38.2. The van der Waals surface area contributed by atoms with Gasteiger partial charge in [-0.25, -0.2) is 0 Å². The molecular formula is C75H139NO18. The van der Waals surface area contributed by atoms with Crippen molar-refractivity contribution >= 4 is 5.91 Å². The smallest absolute Gasteiger partial charge is 0.220 e. The van der Waals surface area contributed by atoms with E-state index in [9.17, 15) is 61.0 Å². The summed E-state index contributed by atoms with van der Waals surface area (Å²) >= 11 is 0. The quantitative estimate of drug-likeness (QED) is 0.0199. The number of carbonyl (C=O) groups excluding carboxylic acids is 1. The molecule has 19 heteroatoms. The maximum atomic E-state index is 13.4. The fourth-order valence-corrected chi connectivity index (χ4v) is 13.0. The number of ether oxygens (including phenoxy) is 6. The summed E-state index contributed by atoms with van der Waals surface area (Å²) in [7, 11) is 0. The molecule has 0 aromatic heterocycles. The fraction of sp³-hybridized carbons (Fsp3) is 0.907. The Hall–Kier alpha value is -1.99. The van der Waals surface area contributed by atoms with Crippen molar-refractivity contribution in [2.24, 2.45) is 0 Å². The minimum atomic E-state index is -1.98. The Morgan fingerprint density at radius 2 is 0.681 bits per heavy atom. The van der Waals surface area contributed by atoms with Crippen LogP contribution in [0.2, 0.25) is 0 Å². The highest BCUT2D eigenvalue weighted by Crippen LogP contribution is 2.33. The summed E-state index contributed by atoms with van der Waals surface area (Å²) in [5.41, 5.74) is 0. The SMILES string of the molecule is CCCCCCCCCC/C=C\CCCCCCCCCCCCCCCCCCCC(=O)NC(COC1OC(CO)C(OC2OC(CO)C(OC3OC(CO)C(O)C(O)C3O)C(O)C2O)C(O)C1O)C(O)/C=C/CC/C=C/CCCCCCCCCCCCCCCC. The van der Waals surface area contributed by atoms with Crippen molar-refractivity contribution in [1.29, 1.82) is 0 Å². The van der Waals surface area contributed by atoms with Crippen molar-refractivity contribution in [2.75, 3.05) is 26.4 Å². The average molecular weight is 1340 g/mol. The Balaban J connectivity index is 1.39. The number of carbonyl (C=O) groups is 1. The molecule has 0 aliphatic carbocycles. The van der Waals surface area contributed by atoms with Crippen molar-refractivity contribution < 1.29 is 89.4 Å². The molecule has 19 nitrogen and oxygen atoms in total. The zero-order chi connectivity index (χ0) is 68.2. The lowest BCUT2D eigenvalue weighted by molar-refractivity contribution is -0.379. The summed E-state index contributed by atoms with van der Waals surface area (Å²) < 4.78 is 34.4. The van der Waals surface area contributed by atoms with E-state index in [2.05, 4.69) is 43.5 Å². The molecule has 3 aliphatic rings. The third kappa shape index (κ3) is 37.4. The highest BCUT2D eigenvalue weighted by atomic mass is 16.8. The Morgan fingerprint density at radius 1 is 0.372 bits per heavy atom. The van der Waals surface area contributed by atoms with Gasteiger partial charge in [-0.05, 0) is 57.8 Å². The van der Waals surface area contributed by atoms with Gasteiger partial charge in [-0.3, -0.25) is 4.79 Å². The highest BCUT2D eigenvalue weighted by molar-refractivity contribution is 5.76. The molecule has 1 amide bonds. The van der Waals surface area contributed by atoms with E-state index in [1.807, 2.05) is 6.08 Å². The number of hydrogen-bond donors (Lipinski definition) is 12. The van der Waals surface area contributed by atoms with Crippen LogP contribution in [0.5, 0.6) is 0 Å². The van der Waals surface area contributed by atoms with Crippen LogP contribution in [-0.4, -0.2) is 193 Å². The van der Waals surface area contributed by atoms with Gasteiger partial charge in [-0.1, -0.05) is 275 Å². The van der Waals surface area contributed by atoms with Crippen molar-refractivity contribution in [3.8, 4) is 0 Å². The molecule has 17 unspecified atom stereocenters. The first-order valence-corrected chi connectivity index (χ1v) is 38.2. The molecule has 0 saturated carbocycles. The van der Waals surface area contributed by atoms with E-state index in [4.69, 9.17) is 28.4 Å². The molecule has 0 bridgehead atoms. The number of unbranched alkanes of at least 4 members (excludes halogenated alkanes) is 40. The van der Waals surface area contributed by atoms with Gasteiger partial charge in [0.25, 0.3) is 0 Å². The summed E-state index contributed by atoms with van der Waals surface area (Å²) in [6, 6.07) is -0.989.